The molecular weight excluding hydrogens is 404 g/mol. The first kappa shape index (κ1) is 19.7. The van der Waals surface area contributed by atoms with Crippen molar-refractivity contribution in [3.8, 4) is 16.7 Å². The number of thiazole rings is 1. The van der Waals surface area contributed by atoms with E-state index in [-0.39, 0.29) is 12.5 Å². The minimum Gasteiger partial charge on any atom is -0.486 e. The van der Waals surface area contributed by atoms with Gasteiger partial charge < -0.3 is 19.2 Å². The molecule has 0 radical (unpaired) electrons. The summed E-state index contributed by atoms with van der Waals surface area (Å²) in [5, 5.41) is 5.82. The summed E-state index contributed by atoms with van der Waals surface area (Å²) in [6.45, 7) is 3.28. The lowest BCUT2D eigenvalue weighted by Crippen LogP contribution is -2.14. The predicted octanol–water partition coefficient (Wildman–Crippen LogP) is 4.89. The predicted molar refractivity (Wildman–Crippen MR) is 114 cm³/mol. The molecule has 2 aromatic carbocycles. The fourth-order valence-corrected chi connectivity index (χ4v) is 3.51. The Bertz CT molecular complexity index is 1260. The van der Waals surface area contributed by atoms with Gasteiger partial charge in [-0.3, -0.25) is 4.79 Å². The summed E-state index contributed by atoms with van der Waals surface area (Å²) in [5.41, 5.74) is 1.65. The van der Waals surface area contributed by atoms with E-state index in [0.29, 0.717) is 33.5 Å². The van der Waals surface area contributed by atoms with Gasteiger partial charge in [0.25, 0.3) is 5.19 Å². The molecule has 30 heavy (non-hydrogen) atoms. The van der Waals surface area contributed by atoms with Crippen LogP contribution in [0.1, 0.15) is 18.1 Å². The quantitative estimate of drug-likeness (QED) is 0.445. The lowest BCUT2D eigenvalue weighted by molar-refractivity contribution is -0.114. The second-order valence-corrected chi connectivity index (χ2v) is 7.37. The SMILES string of the molecule is CC(=O)Nc1ccccc1OCc1c(C)c2ccc(Oc3nccs3)cc2oc1=O. The van der Waals surface area contributed by atoms with Gasteiger partial charge in [-0.1, -0.05) is 23.5 Å². The maximum Gasteiger partial charge on any atom is 0.343 e. The van der Waals surface area contributed by atoms with Crippen LogP contribution in [0.3, 0.4) is 0 Å². The Morgan fingerprint density at radius 2 is 2.07 bits per heavy atom. The van der Waals surface area contributed by atoms with Gasteiger partial charge in [0.2, 0.25) is 5.91 Å². The largest absolute Gasteiger partial charge is 0.486 e. The highest BCUT2D eigenvalue weighted by atomic mass is 32.1. The van der Waals surface area contributed by atoms with Crippen molar-refractivity contribution in [3.63, 3.8) is 0 Å². The van der Waals surface area contributed by atoms with Crippen LogP contribution < -0.4 is 20.4 Å². The lowest BCUT2D eigenvalue weighted by Gasteiger charge is -2.13. The number of para-hydroxylation sites is 2. The molecule has 0 aliphatic rings. The Kier molecular flexibility index (Phi) is 5.49. The summed E-state index contributed by atoms with van der Waals surface area (Å²) in [6, 6.07) is 12.3. The second-order valence-electron chi connectivity index (χ2n) is 6.52. The average molecular weight is 422 g/mol. The molecule has 0 saturated carbocycles. The first-order valence-corrected chi connectivity index (χ1v) is 10.0. The number of carbonyl (C=O) groups is 1. The highest BCUT2D eigenvalue weighted by Gasteiger charge is 2.14. The number of fused-ring (bicyclic) bond motifs is 1. The minimum absolute atomic E-state index is 0.0120. The number of anilines is 1. The van der Waals surface area contributed by atoms with Crippen molar-refractivity contribution in [1.29, 1.82) is 0 Å². The molecule has 0 unspecified atom stereocenters. The summed E-state index contributed by atoms with van der Waals surface area (Å²) in [4.78, 5) is 28.1. The van der Waals surface area contributed by atoms with Gasteiger partial charge in [-0.05, 0) is 36.8 Å². The van der Waals surface area contributed by atoms with Crippen molar-refractivity contribution in [2.24, 2.45) is 0 Å². The van der Waals surface area contributed by atoms with Crippen LogP contribution in [-0.4, -0.2) is 10.9 Å². The fourth-order valence-electron chi connectivity index (χ4n) is 3.00. The number of amides is 1. The number of nitrogens with one attached hydrogen (secondary N) is 1. The molecule has 2 heterocycles. The fraction of sp³-hybridized carbons (Fsp3) is 0.136. The minimum atomic E-state index is -0.483. The third-order valence-electron chi connectivity index (χ3n) is 4.44. The molecule has 0 bridgehead atoms. The number of aromatic nitrogens is 1. The van der Waals surface area contributed by atoms with Crippen LogP contribution in [0.4, 0.5) is 5.69 Å². The average Bonchev–Trinajstić information content (AvgIpc) is 3.21. The molecule has 0 aliphatic carbocycles. The van der Waals surface area contributed by atoms with E-state index < -0.39 is 5.63 Å². The number of ether oxygens (including phenoxy) is 2. The topological polar surface area (TPSA) is 90.7 Å². The van der Waals surface area contributed by atoms with Gasteiger partial charge in [0.1, 0.15) is 23.7 Å². The molecule has 0 fully saturated rings. The van der Waals surface area contributed by atoms with Crippen molar-refractivity contribution < 1.29 is 18.7 Å². The summed E-state index contributed by atoms with van der Waals surface area (Å²) in [6.07, 6.45) is 1.65. The maximum atomic E-state index is 12.6. The standard InChI is InChI=1S/C22H18N2O5S/c1-13-16-8-7-15(28-22-23-9-10-30-22)11-20(16)29-21(26)17(13)12-27-19-6-4-3-5-18(19)24-14(2)25/h3-11H,12H2,1-2H3,(H,24,25). The van der Waals surface area contributed by atoms with E-state index in [9.17, 15) is 9.59 Å². The Hall–Kier alpha value is -3.65. The van der Waals surface area contributed by atoms with E-state index >= 15 is 0 Å². The Balaban J connectivity index is 1.61. The molecule has 1 amide bonds. The molecule has 7 nitrogen and oxygen atoms in total. The van der Waals surface area contributed by atoms with E-state index in [1.54, 1.807) is 42.6 Å². The van der Waals surface area contributed by atoms with Gasteiger partial charge in [-0.2, -0.15) is 0 Å². The van der Waals surface area contributed by atoms with Gasteiger partial charge >= 0.3 is 5.63 Å². The van der Waals surface area contributed by atoms with Crippen LogP contribution in [0.25, 0.3) is 11.0 Å². The lowest BCUT2D eigenvalue weighted by atomic mass is 10.1. The normalized spacial score (nSPS) is 10.7. The third-order valence-corrected chi connectivity index (χ3v) is 5.09. The molecule has 0 spiro atoms. The number of hydrogen-bond donors (Lipinski definition) is 1. The van der Waals surface area contributed by atoms with Crippen LogP contribution in [0.15, 0.2) is 63.3 Å². The van der Waals surface area contributed by atoms with Gasteiger partial charge in [0, 0.05) is 30.0 Å². The Morgan fingerprint density at radius 3 is 2.83 bits per heavy atom. The van der Waals surface area contributed by atoms with Crippen LogP contribution >= 0.6 is 11.3 Å². The molecule has 0 atom stereocenters. The Labute approximate surface area is 175 Å². The number of nitrogens with zero attached hydrogens (tertiary/aromatic N) is 1. The van der Waals surface area contributed by atoms with Gasteiger partial charge in [0.15, 0.2) is 0 Å². The van der Waals surface area contributed by atoms with Crippen molar-refractivity contribution >= 4 is 33.9 Å². The summed E-state index contributed by atoms with van der Waals surface area (Å²) in [7, 11) is 0. The summed E-state index contributed by atoms with van der Waals surface area (Å²) < 4.78 is 17.0. The van der Waals surface area contributed by atoms with Crippen LogP contribution in [0.2, 0.25) is 0 Å². The monoisotopic (exact) mass is 422 g/mol. The van der Waals surface area contributed by atoms with Crippen molar-refractivity contribution in [2.45, 2.75) is 20.5 Å². The van der Waals surface area contributed by atoms with Crippen molar-refractivity contribution in [2.75, 3.05) is 5.32 Å². The third kappa shape index (κ3) is 4.18. The summed E-state index contributed by atoms with van der Waals surface area (Å²) >= 11 is 1.37. The highest BCUT2D eigenvalue weighted by Crippen LogP contribution is 2.29. The molecule has 4 aromatic rings. The zero-order chi connectivity index (χ0) is 21.1. The maximum absolute atomic E-state index is 12.6. The van der Waals surface area contributed by atoms with Gasteiger partial charge in [-0.25, -0.2) is 9.78 Å². The van der Waals surface area contributed by atoms with Crippen LogP contribution in [-0.2, 0) is 11.4 Å². The number of aryl methyl sites for hydroxylation is 1. The zero-order valence-electron chi connectivity index (χ0n) is 16.3. The highest BCUT2D eigenvalue weighted by molar-refractivity contribution is 7.11. The van der Waals surface area contributed by atoms with Gasteiger partial charge in [0.05, 0.1) is 11.3 Å². The number of rotatable bonds is 6. The van der Waals surface area contributed by atoms with E-state index in [4.69, 9.17) is 13.9 Å². The molecule has 152 valence electrons. The van der Waals surface area contributed by atoms with E-state index in [2.05, 4.69) is 10.3 Å². The first-order valence-electron chi connectivity index (χ1n) is 9.14. The molecule has 0 saturated heterocycles. The number of benzene rings is 2. The smallest absolute Gasteiger partial charge is 0.343 e. The van der Waals surface area contributed by atoms with E-state index in [1.807, 2.05) is 18.4 Å². The molecule has 4 rings (SSSR count). The number of carbonyl (C=O) groups excluding carboxylic acids is 1. The molecule has 1 N–H and O–H groups in total. The van der Waals surface area contributed by atoms with Crippen LogP contribution in [0.5, 0.6) is 16.7 Å². The molecule has 0 aliphatic heterocycles. The first-order chi connectivity index (χ1) is 14.5. The Morgan fingerprint density at radius 1 is 1.23 bits per heavy atom. The zero-order valence-corrected chi connectivity index (χ0v) is 17.1. The molecule has 8 heteroatoms. The van der Waals surface area contributed by atoms with E-state index in [1.165, 1.54) is 18.3 Å². The van der Waals surface area contributed by atoms with Gasteiger partial charge in [-0.15, -0.1) is 0 Å². The van der Waals surface area contributed by atoms with Crippen LogP contribution in [0, 0.1) is 6.92 Å². The van der Waals surface area contributed by atoms with E-state index in [0.717, 1.165) is 10.9 Å². The number of hydrogen-bond acceptors (Lipinski definition) is 7. The van der Waals surface area contributed by atoms with Crippen molar-refractivity contribution in [1.82, 2.24) is 4.98 Å². The second kappa shape index (κ2) is 8.38. The molecule has 2 aromatic heterocycles. The molecular formula is C22H18N2O5S. The van der Waals surface area contributed by atoms with Crippen molar-refractivity contribution in [3.05, 3.63) is 75.6 Å². The summed E-state index contributed by atoms with van der Waals surface area (Å²) in [5.74, 6) is 0.801.